The van der Waals surface area contributed by atoms with Gasteiger partial charge in [0.1, 0.15) is 4.34 Å². The van der Waals surface area contributed by atoms with Gasteiger partial charge in [0, 0.05) is 25.9 Å². The van der Waals surface area contributed by atoms with Gasteiger partial charge in [-0.2, -0.15) is 0 Å². The zero-order valence-electron chi connectivity index (χ0n) is 9.73. The average Bonchev–Trinajstić information content (AvgIpc) is 2.68. The van der Waals surface area contributed by atoms with Crippen LogP contribution in [0.4, 0.5) is 0 Å². The fourth-order valence-electron chi connectivity index (χ4n) is 1.95. The number of rotatable bonds is 2. The van der Waals surface area contributed by atoms with E-state index in [1.54, 1.807) is 0 Å². The first kappa shape index (κ1) is 14.6. The lowest BCUT2D eigenvalue weighted by atomic mass is 9.91. The molecule has 0 spiro atoms. The van der Waals surface area contributed by atoms with Crippen LogP contribution >= 0.6 is 34.5 Å². The van der Waals surface area contributed by atoms with Crippen molar-refractivity contribution in [1.82, 2.24) is 4.90 Å². The molecule has 0 atom stereocenters. The third kappa shape index (κ3) is 2.86. The Bertz CT molecular complexity index is 523. The Balaban J connectivity index is 2.08. The number of piperidine rings is 1. The summed E-state index contributed by atoms with van der Waals surface area (Å²) in [6.45, 7) is 0.344. The highest BCUT2D eigenvalue weighted by atomic mass is 35.5. The van der Waals surface area contributed by atoms with E-state index in [1.807, 2.05) is 0 Å². The van der Waals surface area contributed by atoms with Crippen LogP contribution in [0, 0.1) is 0 Å². The second kappa shape index (κ2) is 5.28. The maximum absolute atomic E-state index is 12.2. The van der Waals surface area contributed by atoms with Crippen molar-refractivity contribution in [2.75, 3.05) is 13.1 Å². The number of carbonyl (C=O) groups excluding carboxylic acids is 1. The number of likely N-dealkylation sites (tertiary alicyclic amines) is 1. The van der Waals surface area contributed by atoms with Gasteiger partial charge in [-0.25, -0.2) is 4.79 Å². The van der Waals surface area contributed by atoms with Crippen molar-refractivity contribution in [3.05, 3.63) is 20.3 Å². The third-order valence-electron chi connectivity index (χ3n) is 3.16. The van der Waals surface area contributed by atoms with Crippen LogP contribution in [0.1, 0.15) is 23.2 Å². The molecule has 8 heteroatoms. The normalized spacial score (nSPS) is 18.4. The summed E-state index contributed by atoms with van der Waals surface area (Å²) < 4.78 is 0.737. The number of amides is 1. The van der Waals surface area contributed by atoms with Crippen LogP contribution in [0.2, 0.25) is 8.67 Å². The second-order valence-electron chi connectivity index (χ2n) is 4.37. The molecule has 1 saturated heterocycles. The molecule has 0 bridgehead atoms. The van der Waals surface area contributed by atoms with Crippen molar-refractivity contribution in [3.8, 4) is 0 Å². The Morgan fingerprint density at radius 3 is 2.32 bits per heavy atom. The van der Waals surface area contributed by atoms with Crippen molar-refractivity contribution in [1.29, 1.82) is 0 Å². The van der Waals surface area contributed by atoms with Gasteiger partial charge in [0.25, 0.3) is 5.91 Å². The highest BCUT2D eigenvalue weighted by Crippen LogP contribution is 2.33. The Hall–Kier alpha value is -0.820. The van der Waals surface area contributed by atoms with Crippen LogP contribution in [-0.4, -0.2) is 45.7 Å². The zero-order chi connectivity index (χ0) is 14.2. The van der Waals surface area contributed by atoms with E-state index in [4.69, 9.17) is 28.3 Å². The smallest absolute Gasteiger partial charge is 0.335 e. The van der Waals surface area contributed by atoms with Crippen LogP contribution in [0.5, 0.6) is 0 Å². The van der Waals surface area contributed by atoms with Crippen LogP contribution in [-0.2, 0) is 4.79 Å². The van der Waals surface area contributed by atoms with Crippen LogP contribution in [0.15, 0.2) is 6.07 Å². The predicted octanol–water partition coefficient (Wildman–Crippen LogP) is 2.11. The molecule has 0 radical (unpaired) electrons. The van der Waals surface area contributed by atoms with Gasteiger partial charge in [-0.1, -0.05) is 23.2 Å². The minimum atomic E-state index is -1.74. The van der Waals surface area contributed by atoms with E-state index >= 15 is 0 Å². The Kier molecular flexibility index (Phi) is 4.06. The Morgan fingerprint density at radius 1 is 1.32 bits per heavy atom. The van der Waals surface area contributed by atoms with Crippen molar-refractivity contribution in [2.45, 2.75) is 18.4 Å². The minimum absolute atomic E-state index is 0.00353. The maximum atomic E-state index is 12.2. The fraction of sp³-hybridized carbons (Fsp3) is 0.455. The van der Waals surface area contributed by atoms with Gasteiger partial charge in [-0.15, -0.1) is 11.3 Å². The molecule has 0 aromatic carbocycles. The summed E-state index contributed by atoms with van der Waals surface area (Å²) in [5.74, 6) is -1.54. The quantitative estimate of drug-likeness (QED) is 0.873. The summed E-state index contributed by atoms with van der Waals surface area (Å²) in [6.07, 6.45) is 0.00707. The Labute approximate surface area is 123 Å². The van der Waals surface area contributed by atoms with E-state index in [0.29, 0.717) is 14.2 Å². The number of carboxylic acid groups (broad SMARTS) is 1. The molecule has 1 aromatic heterocycles. The predicted molar refractivity (Wildman–Crippen MR) is 72.1 cm³/mol. The van der Waals surface area contributed by atoms with Crippen LogP contribution < -0.4 is 0 Å². The van der Waals surface area contributed by atoms with E-state index in [-0.39, 0.29) is 31.8 Å². The molecule has 1 amide bonds. The molecule has 1 aliphatic heterocycles. The zero-order valence-corrected chi connectivity index (χ0v) is 12.1. The Morgan fingerprint density at radius 2 is 1.89 bits per heavy atom. The number of aliphatic hydroxyl groups is 1. The van der Waals surface area contributed by atoms with Crippen LogP contribution in [0.3, 0.4) is 0 Å². The van der Waals surface area contributed by atoms with Gasteiger partial charge >= 0.3 is 5.97 Å². The molecular weight excluding hydrogens is 313 g/mol. The first-order valence-electron chi connectivity index (χ1n) is 5.53. The van der Waals surface area contributed by atoms with Gasteiger partial charge in [0.05, 0.1) is 9.90 Å². The fourth-order valence-corrected chi connectivity index (χ4v) is 3.40. The number of hydrogen-bond donors (Lipinski definition) is 2. The number of halogens is 2. The molecule has 0 unspecified atom stereocenters. The average molecular weight is 324 g/mol. The molecule has 104 valence electrons. The SMILES string of the molecule is O=C(c1cc(Cl)sc1Cl)N1CCC(O)(C(=O)O)CC1. The number of carboxylic acids is 1. The van der Waals surface area contributed by atoms with E-state index < -0.39 is 11.6 Å². The number of nitrogens with zero attached hydrogens (tertiary/aromatic N) is 1. The molecular formula is C11H11Cl2NO4S. The summed E-state index contributed by atoms with van der Waals surface area (Å²) in [4.78, 5) is 24.5. The summed E-state index contributed by atoms with van der Waals surface area (Å²) in [5.41, 5.74) is -1.43. The van der Waals surface area contributed by atoms with Gasteiger partial charge < -0.3 is 15.1 Å². The highest BCUT2D eigenvalue weighted by Gasteiger charge is 2.40. The maximum Gasteiger partial charge on any atom is 0.335 e. The molecule has 2 N–H and O–H groups in total. The summed E-state index contributed by atoms with van der Waals surface area (Å²) in [5, 5.41) is 18.7. The lowest BCUT2D eigenvalue weighted by Gasteiger charge is -2.35. The number of carbonyl (C=O) groups is 2. The highest BCUT2D eigenvalue weighted by molar-refractivity contribution is 7.20. The summed E-state index contributed by atoms with van der Waals surface area (Å²) >= 11 is 12.8. The monoisotopic (exact) mass is 323 g/mol. The van der Waals surface area contributed by atoms with E-state index in [0.717, 1.165) is 11.3 Å². The lowest BCUT2D eigenvalue weighted by molar-refractivity contribution is -0.162. The molecule has 2 rings (SSSR count). The largest absolute Gasteiger partial charge is 0.479 e. The molecule has 2 heterocycles. The second-order valence-corrected chi connectivity index (χ2v) is 6.65. The van der Waals surface area contributed by atoms with Gasteiger partial charge in [-0.3, -0.25) is 4.79 Å². The summed E-state index contributed by atoms with van der Waals surface area (Å²) in [7, 11) is 0. The van der Waals surface area contributed by atoms with Crippen molar-refractivity contribution in [2.24, 2.45) is 0 Å². The van der Waals surface area contributed by atoms with Crippen molar-refractivity contribution in [3.63, 3.8) is 0 Å². The van der Waals surface area contributed by atoms with Crippen molar-refractivity contribution < 1.29 is 19.8 Å². The molecule has 5 nitrogen and oxygen atoms in total. The molecule has 1 fully saturated rings. The van der Waals surface area contributed by atoms with Crippen LogP contribution in [0.25, 0.3) is 0 Å². The minimum Gasteiger partial charge on any atom is -0.479 e. The first-order chi connectivity index (χ1) is 8.83. The standard InChI is InChI=1S/C11H11Cl2NO4S/c12-7-5-6(8(13)19-7)9(15)14-3-1-11(18,2-4-14)10(16)17/h5,18H,1-4H2,(H,16,17). The number of aliphatic carboxylic acids is 1. The molecule has 0 aliphatic carbocycles. The molecule has 1 aliphatic rings. The van der Waals surface area contributed by atoms with E-state index in [9.17, 15) is 14.7 Å². The van der Waals surface area contributed by atoms with Gasteiger partial charge in [0.15, 0.2) is 5.60 Å². The van der Waals surface area contributed by atoms with E-state index in [1.165, 1.54) is 11.0 Å². The topological polar surface area (TPSA) is 77.8 Å². The third-order valence-corrected chi connectivity index (χ3v) is 4.65. The molecule has 19 heavy (non-hydrogen) atoms. The molecule has 0 saturated carbocycles. The van der Waals surface area contributed by atoms with Crippen molar-refractivity contribution >= 4 is 46.4 Å². The summed E-state index contributed by atoms with van der Waals surface area (Å²) in [6, 6.07) is 1.49. The van der Waals surface area contributed by atoms with Gasteiger partial charge in [0.2, 0.25) is 0 Å². The number of thiophene rings is 1. The first-order valence-corrected chi connectivity index (χ1v) is 7.10. The number of hydrogen-bond acceptors (Lipinski definition) is 4. The van der Waals surface area contributed by atoms with E-state index in [2.05, 4.69) is 0 Å². The lowest BCUT2D eigenvalue weighted by Crippen LogP contribution is -2.50. The molecule has 1 aromatic rings. The van der Waals surface area contributed by atoms with Gasteiger partial charge in [-0.05, 0) is 6.07 Å².